The van der Waals surface area contributed by atoms with E-state index in [1.807, 2.05) is 54.8 Å². The molecule has 0 aliphatic rings. The molecule has 106 valence electrons. The summed E-state index contributed by atoms with van der Waals surface area (Å²) in [6.07, 6.45) is 1.66. The second-order valence-corrected chi connectivity index (χ2v) is 4.66. The van der Waals surface area contributed by atoms with E-state index in [-0.39, 0.29) is 5.91 Å². The van der Waals surface area contributed by atoms with Gasteiger partial charge in [-0.1, -0.05) is 0 Å². The van der Waals surface area contributed by atoms with Gasteiger partial charge in [0, 0.05) is 31.9 Å². The number of rotatable bonds is 5. The Kier molecular flexibility index (Phi) is 4.34. The van der Waals surface area contributed by atoms with Crippen LogP contribution in [-0.4, -0.2) is 34.8 Å². The highest BCUT2D eigenvalue weighted by atomic mass is 16.1. The fourth-order valence-electron chi connectivity index (χ4n) is 1.85. The fraction of sp³-hybridized carbons (Fsp3) is 0.357. The monoisotopic (exact) mass is 273 g/mol. The third-order valence-corrected chi connectivity index (χ3v) is 3.09. The summed E-state index contributed by atoms with van der Waals surface area (Å²) in [4.78, 5) is 14.0. The zero-order chi connectivity index (χ0) is 14.5. The number of hydrogen-bond donors (Lipinski definition) is 1. The van der Waals surface area contributed by atoms with E-state index in [1.54, 1.807) is 6.33 Å². The first-order valence-corrected chi connectivity index (χ1v) is 6.54. The molecular formula is C14H19N5O. The van der Waals surface area contributed by atoms with E-state index >= 15 is 0 Å². The normalized spacial score (nSPS) is 10.3. The molecule has 0 unspecified atom stereocenters. The van der Waals surface area contributed by atoms with Gasteiger partial charge in [-0.05, 0) is 31.2 Å². The Morgan fingerprint density at radius 2 is 2.00 bits per heavy atom. The molecule has 0 aliphatic carbocycles. The highest BCUT2D eigenvalue weighted by molar-refractivity contribution is 5.94. The largest absolute Gasteiger partial charge is 0.378 e. The van der Waals surface area contributed by atoms with Gasteiger partial charge < -0.3 is 14.8 Å². The predicted octanol–water partition coefficient (Wildman–Crippen LogP) is 1.29. The van der Waals surface area contributed by atoms with Gasteiger partial charge in [0.1, 0.15) is 6.33 Å². The Morgan fingerprint density at radius 3 is 2.60 bits per heavy atom. The maximum Gasteiger partial charge on any atom is 0.251 e. The molecule has 20 heavy (non-hydrogen) atoms. The summed E-state index contributed by atoms with van der Waals surface area (Å²) in [5.41, 5.74) is 1.70. The van der Waals surface area contributed by atoms with Crippen molar-refractivity contribution in [1.29, 1.82) is 0 Å². The second-order valence-electron chi connectivity index (χ2n) is 4.66. The molecule has 0 bridgehead atoms. The van der Waals surface area contributed by atoms with Crippen molar-refractivity contribution < 1.29 is 4.79 Å². The van der Waals surface area contributed by atoms with Crippen LogP contribution in [0.5, 0.6) is 0 Å². The van der Waals surface area contributed by atoms with E-state index in [1.165, 1.54) is 0 Å². The van der Waals surface area contributed by atoms with Gasteiger partial charge in [0.25, 0.3) is 5.91 Å². The SMILES string of the molecule is CCn1cnnc1CNC(=O)c1ccc(N(C)C)cc1. The summed E-state index contributed by atoms with van der Waals surface area (Å²) in [7, 11) is 3.93. The standard InChI is InChI=1S/C14H19N5O/c1-4-19-10-16-17-13(19)9-15-14(20)11-5-7-12(8-6-11)18(2)3/h5-8,10H,4,9H2,1-3H3,(H,15,20). The lowest BCUT2D eigenvalue weighted by Gasteiger charge is -2.12. The van der Waals surface area contributed by atoms with Crippen LogP contribution in [0.3, 0.4) is 0 Å². The van der Waals surface area contributed by atoms with Gasteiger partial charge >= 0.3 is 0 Å². The van der Waals surface area contributed by atoms with Gasteiger partial charge in [-0.2, -0.15) is 0 Å². The molecule has 1 N–H and O–H groups in total. The zero-order valence-corrected chi connectivity index (χ0v) is 12.0. The van der Waals surface area contributed by atoms with Crippen molar-refractivity contribution in [1.82, 2.24) is 20.1 Å². The van der Waals surface area contributed by atoms with Crippen LogP contribution in [0.4, 0.5) is 5.69 Å². The molecule has 1 heterocycles. The molecule has 6 heteroatoms. The first kappa shape index (κ1) is 14.0. The van der Waals surface area contributed by atoms with Gasteiger partial charge in [0.2, 0.25) is 0 Å². The minimum atomic E-state index is -0.110. The van der Waals surface area contributed by atoms with Gasteiger partial charge in [0.05, 0.1) is 6.54 Å². The lowest BCUT2D eigenvalue weighted by Crippen LogP contribution is -2.24. The second kappa shape index (κ2) is 6.18. The number of carbonyl (C=O) groups excluding carboxylic acids is 1. The van der Waals surface area contributed by atoms with Crippen LogP contribution in [0.2, 0.25) is 0 Å². The van der Waals surface area contributed by atoms with E-state index in [9.17, 15) is 4.79 Å². The predicted molar refractivity (Wildman–Crippen MR) is 77.6 cm³/mol. The maximum absolute atomic E-state index is 12.0. The molecule has 0 saturated carbocycles. The molecular weight excluding hydrogens is 254 g/mol. The number of carbonyl (C=O) groups is 1. The third-order valence-electron chi connectivity index (χ3n) is 3.09. The first-order valence-electron chi connectivity index (χ1n) is 6.54. The number of nitrogens with one attached hydrogen (secondary N) is 1. The number of anilines is 1. The molecule has 0 atom stereocenters. The zero-order valence-electron chi connectivity index (χ0n) is 12.0. The van der Waals surface area contributed by atoms with Crippen molar-refractivity contribution in [2.75, 3.05) is 19.0 Å². The summed E-state index contributed by atoms with van der Waals surface area (Å²) < 4.78 is 1.90. The fourth-order valence-corrected chi connectivity index (χ4v) is 1.85. The van der Waals surface area contributed by atoms with Gasteiger partial charge in [-0.25, -0.2) is 0 Å². The summed E-state index contributed by atoms with van der Waals surface area (Å²) in [6, 6.07) is 7.47. The molecule has 0 aliphatic heterocycles. The van der Waals surface area contributed by atoms with Crippen LogP contribution in [0.1, 0.15) is 23.1 Å². The van der Waals surface area contributed by atoms with E-state index in [2.05, 4.69) is 15.5 Å². The summed E-state index contributed by atoms with van der Waals surface area (Å²) in [5.74, 6) is 0.645. The number of nitrogens with zero attached hydrogens (tertiary/aromatic N) is 4. The molecule has 0 radical (unpaired) electrons. The van der Waals surface area contributed by atoms with E-state index in [4.69, 9.17) is 0 Å². The highest BCUT2D eigenvalue weighted by Gasteiger charge is 2.08. The average Bonchev–Trinajstić information content (AvgIpc) is 2.92. The van der Waals surface area contributed by atoms with Crippen LogP contribution in [0, 0.1) is 0 Å². The molecule has 1 aromatic carbocycles. The van der Waals surface area contributed by atoms with Crippen LogP contribution >= 0.6 is 0 Å². The highest BCUT2D eigenvalue weighted by Crippen LogP contribution is 2.12. The quantitative estimate of drug-likeness (QED) is 0.891. The molecule has 0 saturated heterocycles. The first-order chi connectivity index (χ1) is 9.61. The molecule has 0 spiro atoms. The molecule has 1 amide bonds. The number of amides is 1. The Morgan fingerprint density at radius 1 is 1.30 bits per heavy atom. The van der Waals surface area contributed by atoms with Crippen LogP contribution < -0.4 is 10.2 Å². The summed E-state index contributed by atoms with van der Waals surface area (Å²) in [6.45, 7) is 3.17. The number of hydrogen-bond acceptors (Lipinski definition) is 4. The number of aryl methyl sites for hydroxylation is 1. The lowest BCUT2D eigenvalue weighted by molar-refractivity contribution is 0.0949. The van der Waals surface area contributed by atoms with Crippen molar-refractivity contribution in [2.24, 2.45) is 0 Å². The van der Waals surface area contributed by atoms with Crippen molar-refractivity contribution in [3.05, 3.63) is 42.0 Å². The third kappa shape index (κ3) is 3.14. The van der Waals surface area contributed by atoms with Gasteiger partial charge in [-0.3, -0.25) is 4.79 Å². The summed E-state index contributed by atoms with van der Waals surface area (Å²) >= 11 is 0. The van der Waals surface area contributed by atoms with E-state index < -0.39 is 0 Å². The number of benzene rings is 1. The van der Waals surface area contributed by atoms with E-state index in [0.29, 0.717) is 12.1 Å². The van der Waals surface area contributed by atoms with Crippen LogP contribution in [-0.2, 0) is 13.1 Å². The summed E-state index contributed by atoms with van der Waals surface area (Å²) in [5, 5.41) is 10.7. The molecule has 6 nitrogen and oxygen atoms in total. The lowest BCUT2D eigenvalue weighted by atomic mass is 10.2. The Hall–Kier alpha value is -2.37. The maximum atomic E-state index is 12.0. The van der Waals surface area contributed by atoms with Gasteiger partial charge in [0.15, 0.2) is 5.82 Å². The Balaban J connectivity index is 1.98. The van der Waals surface area contributed by atoms with Crippen LogP contribution in [0.15, 0.2) is 30.6 Å². The minimum Gasteiger partial charge on any atom is -0.378 e. The smallest absolute Gasteiger partial charge is 0.251 e. The Labute approximate surface area is 118 Å². The van der Waals surface area contributed by atoms with Crippen LogP contribution in [0.25, 0.3) is 0 Å². The van der Waals surface area contributed by atoms with E-state index in [0.717, 1.165) is 18.1 Å². The minimum absolute atomic E-state index is 0.110. The van der Waals surface area contributed by atoms with Crippen molar-refractivity contribution in [3.8, 4) is 0 Å². The average molecular weight is 273 g/mol. The molecule has 1 aromatic heterocycles. The number of aromatic nitrogens is 3. The van der Waals surface area contributed by atoms with Crippen molar-refractivity contribution in [2.45, 2.75) is 20.0 Å². The molecule has 2 aromatic rings. The van der Waals surface area contributed by atoms with Gasteiger partial charge in [-0.15, -0.1) is 10.2 Å². The molecule has 0 fully saturated rings. The Bertz CT molecular complexity index is 574. The van der Waals surface area contributed by atoms with Crippen molar-refractivity contribution >= 4 is 11.6 Å². The topological polar surface area (TPSA) is 63.1 Å². The van der Waals surface area contributed by atoms with Crippen molar-refractivity contribution in [3.63, 3.8) is 0 Å². The molecule has 2 rings (SSSR count).